The summed E-state index contributed by atoms with van der Waals surface area (Å²) in [5.41, 5.74) is 5.31. The highest BCUT2D eigenvalue weighted by Gasteiger charge is 2.22. The van der Waals surface area contributed by atoms with Crippen molar-refractivity contribution in [2.75, 3.05) is 25.1 Å². The van der Waals surface area contributed by atoms with E-state index in [1.807, 2.05) is 23.7 Å². The number of nitrogens with zero attached hydrogens (tertiary/aromatic N) is 1. The molecular formula is C8H16N2OS. The number of hydrogen-bond acceptors (Lipinski definition) is 3. The first kappa shape index (κ1) is 9.86. The molecule has 1 aliphatic rings. The van der Waals surface area contributed by atoms with Crippen LogP contribution in [0.2, 0.25) is 0 Å². The highest BCUT2D eigenvalue weighted by Crippen LogP contribution is 2.21. The molecule has 0 aromatic rings. The first-order valence-electron chi connectivity index (χ1n) is 4.29. The molecule has 70 valence electrons. The van der Waals surface area contributed by atoms with Gasteiger partial charge in [0.15, 0.2) is 0 Å². The van der Waals surface area contributed by atoms with Gasteiger partial charge in [-0.1, -0.05) is 0 Å². The zero-order chi connectivity index (χ0) is 8.97. The Morgan fingerprint density at radius 3 is 3.00 bits per heavy atom. The van der Waals surface area contributed by atoms with Gasteiger partial charge in [0.1, 0.15) is 0 Å². The van der Waals surface area contributed by atoms with Crippen LogP contribution in [0.1, 0.15) is 12.8 Å². The number of nitrogens with two attached hydrogens (primary N) is 1. The van der Waals surface area contributed by atoms with E-state index in [0.717, 1.165) is 12.2 Å². The predicted molar refractivity (Wildman–Crippen MR) is 52.2 cm³/mol. The molecule has 0 aromatic heterocycles. The average molecular weight is 188 g/mol. The summed E-state index contributed by atoms with van der Waals surface area (Å²) >= 11 is 1.92. The minimum absolute atomic E-state index is 0.185. The zero-order valence-electron chi connectivity index (χ0n) is 7.45. The van der Waals surface area contributed by atoms with Gasteiger partial charge in [-0.3, -0.25) is 4.79 Å². The van der Waals surface area contributed by atoms with Crippen LogP contribution in [0.3, 0.4) is 0 Å². The minimum atomic E-state index is 0.185. The van der Waals surface area contributed by atoms with Crippen LogP contribution in [0, 0.1) is 0 Å². The molecule has 12 heavy (non-hydrogen) atoms. The number of hydrogen-bond donors (Lipinski definition) is 1. The first-order valence-corrected chi connectivity index (χ1v) is 5.44. The van der Waals surface area contributed by atoms with E-state index in [2.05, 4.69) is 0 Å². The summed E-state index contributed by atoms with van der Waals surface area (Å²) in [5.74, 6) is 2.46. The van der Waals surface area contributed by atoms with E-state index in [0.29, 0.717) is 19.0 Å². The monoisotopic (exact) mass is 188 g/mol. The lowest BCUT2D eigenvalue weighted by Gasteiger charge is -2.23. The van der Waals surface area contributed by atoms with Crippen LogP contribution in [-0.2, 0) is 4.79 Å². The van der Waals surface area contributed by atoms with Gasteiger partial charge in [-0.2, -0.15) is 11.8 Å². The van der Waals surface area contributed by atoms with Crippen molar-refractivity contribution in [1.29, 1.82) is 0 Å². The summed E-state index contributed by atoms with van der Waals surface area (Å²) in [5, 5.41) is 0. The second kappa shape index (κ2) is 4.72. The van der Waals surface area contributed by atoms with Gasteiger partial charge in [-0.15, -0.1) is 0 Å². The van der Waals surface area contributed by atoms with E-state index in [9.17, 15) is 4.79 Å². The van der Waals surface area contributed by atoms with Gasteiger partial charge < -0.3 is 10.6 Å². The maximum absolute atomic E-state index is 11.4. The third-order valence-corrected chi connectivity index (χ3v) is 3.35. The molecule has 3 nitrogen and oxygen atoms in total. The summed E-state index contributed by atoms with van der Waals surface area (Å²) in [7, 11) is 1.88. The van der Waals surface area contributed by atoms with Crippen LogP contribution in [0.25, 0.3) is 0 Å². The lowest BCUT2D eigenvalue weighted by molar-refractivity contribution is -0.131. The van der Waals surface area contributed by atoms with Crippen LogP contribution in [0.15, 0.2) is 0 Å². The summed E-state index contributed by atoms with van der Waals surface area (Å²) in [6.45, 7) is 0.461. The molecule has 1 fully saturated rings. The molecule has 1 rings (SSSR count). The Bertz CT molecular complexity index is 157. The second-order valence-corrected chi connectivity index (χ2v) is 4.21. The van der Waals surface area contributed by atoms with Crippen LogP contribution in [-0.4, -0.2) is 41.9 Å². The maximum atomic E-state index is 11.4. The highest BCUT2D eigenvalue weighted by molar-refractivity contribution is 7.99. The molecule has 0 aliphatic carbocycles. The smallest absolute Gasteiger partial charge is 0.223 e. The molecule has 0 radical (unpaired) electrons. The lowest BCUT2D eigenvalue weighted by atomic mass is 10.2. The Kier molecular flexibility index (Phi) is 3.88. The number of carbonyl (C=O) groups excluding carboxylic acids is 1. The molecule has 2 N–H and O–H groups in total. The van der Waals surface area contributed by atoms with Crippen molar-refractivity contribution in [3.05, 3.63) is 0 Å². The standard InChI is InChI=1S/C8H16N2OS/c1-10(8(11)2-4-9)7-3-5-12-6-7/h7H,2-6,9H2,1H3/t7-/m0/s1. The van der Waals surface area contributed by atoms with Crippen molar-refractivity contribution in [1.82, 2.24) is 4.90 Å². The molecular weight excluding hydrogens is 172 g/mol. The Hall–Kier alpha value is -0.220. The molecule has 1 heterocycles. The van der Waals surface area contributed by atoms with E-state index in [4.69, 9.17) is 5.73 Å². The Labute approximate surface area is 77.7 Å². The zero-order valence-corrected chi connectivity index (χ0v) is 8.27. The van der Waals surface area contributed by atoms with E-state index in [1.165, 1.54) is 5.75 Å². The Morgan fingerprint density at radius 2 is 2.50 bits per heavy atom. The first-order chi connectivity index (χ1) is 5.75. The fourth-order valence-corrected chi connectivity index (χ4v) is 2.60. The second-order valence-electron chi connectivity index (χ2n) is 3.06. The predicted octanol–water partition coefficient (Wildman–Crippen LogP) is 0.299. The normalized spacial score (nSPS) is 22.7. The third-order valence-electron chi connectivity index (χ3n) is 2.20. The summed E-state index contributed by atoms with van der Waals surface area (Å²) in [6.07, 6.45) is 1.62. The van der Waals surface area contributed by atoms with Crippen molar-refractivity contribution in [3.63, 3.8) is 0 Å². The van der Waals surface area contributed by atoms with Crippen molar-refractivity contribution < 1.29 is 4.79 Å². The summed E-state index contributed by atoms with van der Waals surface area (Å²) in [6, 6.07) is 0.453. The van der Waals surface area contributed by atoms with Gasteiger partial charge in [0.25, 0.3) is 0 Å². The van der Waals surface area contributed by atoms with E-state index in [1.54, 1.807) is 0 Å². The molecule has 0 spiro atoms. The largest absolute Gasteiger partial charge is 0.342 e. The average Bonchev–Trinajstić information content (AvgIpc) is 2.55. The topological polar surface area (TPSA) is 46.3 Å². The number of rotatable bonds is 3. The van der Waals surface area contributed by atoms with Crippen molar-refractivity contribution >= 4 is 17.7 Å². The van der Waals surface area contributed by atoms with Crippen molar-refractivity contribution in [2.45, 2.75) is 18.9 Å². The summed E-state index contributed by atoms with van der Waals surface area (Å²) < 4.78 is 0. The molecule has 1 aliphatic heterocycles. The molecule has 1 amide bonds. The van der Waals surface area contributed by atoms with E-state index in [-0.39, 0.29) is 5.91 Å². The molecule has 1 saturated heterocycles. The molecule has 0 aromatic carbocycles. The van der Waals surface area contributed by atoms with Crippen LogP contribution >= 0.6 is 11.8 Å². The van der Waals surface area contributed by atoms with E-state index >= 15 is 0 Å². The van der Waals surface area contributed by atoms with Gasteiger partial charge >= 0.3 is 0 Å². The maximum Gasteiger partial charge on any atom is 0.223 e. The fourth-order valence-electron chi connectivity index (χ4n) is 1.33. The van der Waals surface area contributed by atoms with Gasteiger partial charge in [0.05, 0.1) is 0 Å². The van der Waals surface area contributed by atoms with E-state index < -0.39 is 0 Å². The highest BCUT2D eigenvalue weighted by atomic mass is 32.2. The van der Waals surface area contributed by atoms with Gasteiger partial charge in [-0.05, 0) is 12.2 Å². The van der Waals surface area contributed by atoms with Crippen LogP contribution in [0.5, 0.6) is 0 Å². The number of amides is 1. The number of carbonyl (C=O) groups is 1. The quantitative estimate of drug-likeness (QED) is 0.693. The molecule has 0 bridgehead atoms. The Morgan fingerprint density at radius 1 is 1.75 bits per heavy atom. The summed E-state index contributed by atoms with van der Waals surface area (Å²) in [4.78, 5) is 13.2. The van der Waals surface area contributed by atoms with Crippen molar-refractivity contribution in [3.8, 4) is 0 Å². The van der Waals surface area contributed by atoms with Crippen LogP contribution in [0.4, 0.5) is 0 Å². The van der Waals surface area contributed by atoms with Gasteiger partial charge in [0.2, 0.25) is 5.91 Å². The molecule has 4 heteroatoms. The van der Waals surface area contributed by atoms with Crippen molar-refractivity contribution in [2.24, 2.45) is 5.73 Å². The van der Waals surface area contributed by atoms with Crippen LogP contribution < -0.4 is 5.73 Å². The number of thioether (sulfide) groups is 1. The minimum Gasteiger partial charge on any atom is -0.342 e. The molecule has 1 atom stereocenters. The fraction of sp³-hybridized carbons (Fsp3) is 0.875. The van der Waals surface area contributed by atoms with Gasteiger partial charge in [0, 0.05) is 31.8 Å². The third kappa shape index (κ3) is 2.38. The molecule has 0 unspecified atom stereocenters. The Balaban J connectivity index is 2.34. The molecule has 0 saturated carbocycles. The SMILES string of the molecule is CN(C(=O)CCN)[C@H]1CCSC1. The van der Waals surface area contributed by atoms with Gasteiger partial charge in [-0.25, -0.2) is 0 Å². The lowest BCUT2D eigenvalue weighted by Crippen LogP contribution is -2.37.